The molecule has 1 fully saturated rings. The summed E-state index contributed by atoms with van der Waals surface area (Å²) in [6.07, 6.45) is 5.51. The number of hydrogen-bond donors (Lipinski definition) is 1. The van der Waals surface area contributed by atoms with Gasteiger partial charge in [-0.3, -0.25) is 0 Å². The van der Waals surface area contributed by atoms with Gasteiger partial charge in [-0.25, -0.2) is 0 Å². The van der Waals surface area contributed by atoms with Crippen LogP contribution in [0.5, 0.6) is 0 Å². The van der Waals surface area contributed by atoms with Crippen molar-refractivity contribution in [2.75, 3.05) is 0 Å². The molecular weight excluding hydrogens is 240 g/mol. The molecule has 1 heterocycles. The minimum Gasteiger partial charge on any atom is -0.392 e. The van der Waals surface area contributed by atoms with E-state index in [1.54, 1.807) is 11.3 Å². The zero-order valence-corrected chi connectivity index (χ0v) is 11.7. The quantitative estimate of drug-likeness (QED) is 0.868. The van der Waals surface area contributed by atoms with Crippen molar-refractivity contribution in [2.24, 2.45) is 5.41 Å². The van der Waals surface area contributed by atoms with Crippen LogP contribution >= 0.6 is 11.3 Å². The monoisotopic (exact) mass is 260 g/mol. The number of thiophene rings is 1. The molecule has 2 aromatic rings. The predicted molar refractivity (Wildman–Crippen MR) is 78.1 cm³/mol. The van der Waals surface area contributed by atoms with Crippen molar-refractivity contribution >= 4 is 21.4 Å². The number of rotatable bonds is 3. The number of fused-ring (bicyclic) bond motifs is 1. The van der Waals surface area contributed by atoms with Gasteiger partial charge in [0.1, 0.15) is 0 Å². The topological polar surface area (TPSA) is 20.2 Å². The Bertz CT molecular complexity index is 537. The third kappa shape index (κ3) is 2.08. The first-order valence-corrected chi connectivity index (χ1v) is 7.70. The molecule has 1 aromatic carbocycles. The van der Waals surface area contributed by atoms with E-state index in [9.17, 15) is 5.11 Å². The summed E-state index contributed by atoms with van der Waals surface area (Å²) in [5.41, 5.74) is 1.46. The van der Waals surface area contributed by atoms with Crippen LogP contribution in [0.4, 0.5) is 0 Å². The van der Waals surface area contributed by atoms with Gasteiger partial charge in [0.25, 0.3) is 0 Å². The molecular formula is C16H20OS. The van der Waals surface area contributed by atoms with Crippen molar-refractivity contribution in [1.82, 2.24) is 0 Å². The summed E-state index contributed by atoms with van der Waals surface area (Å²) in [7, 11) is 0. The van der Waals surface area contributed by atoms with Crippen LogP contribution in [-0.2, 0) is 6.42 Å². The lowest BCUT2D eigenvalue weighted by atomic mass is 9.80. The molecule has 1 saturated carbocycles. The minimum atomic E-state index is -0.196. The molecule has 1 N–H and O–H groups in total. The van der Waals surface area contributed by atoms with Crippen LogP contribution in [0.25, 0.3) is 10.1 Å². The first-order chi connectivity index (χ1) is 8.69. The van der Waals surface area contributed by atoms with Gasteiger partial charge in [-0.05, 0) is 40.7 Å². The van der Waals surface area contributed by atoms with Crippen molar-refractivity contribution in [3.05, 3.63) is 35.2 Å². The SMILES string of the molecule is CC1(C(O)Cc2csc3ccccc23)CCCC1. The summed E-state index contributed by atoms with van der Waals surface area (Å²) in [6.45, 7) is 2.25. The van der Waals surface area contributed by atoms with Crippen molar-refractivity contribution in [3.63, 3.8) is 0 Å². The van der Waals surface area contributed by atoms with Gasteiger partial charge in [0.15, 0.2) is 0 Å². The Hall–Kier alpha value is -0.860. The first-order valence-electron chi connectivity index (χ1n) is 6.82. The lowest BCUT2D eigenvalue weighted by molar-refractivity contribution is 0.0427. The number of benzene rings is 1. The Morgan fingerprint density at radius 2 is 2.00 bits per heavy atom. The molecule has 3 rings (SSSR count). The maximum Gasteiger partial charge on any atom is 0.0634 e. The van der Waals surface area contributed by atoms with Gasteiger partial charge < -0.3 is 5.11 Å². The molecule has 1 aromatic heterocycles. The van der Waals surface area contributed by atoms with Gasteiger partial charge in [0, 0.05) is 11.1 Å². The van der Waals surface area contributed by atoms with Crippen molar-refractivity contribution in [2.45, 2.75) is 45.1 Å². The molecule has 0 spiro atoms. The highest BCUT2D eigenvalue weighted by Gasteiger charge is 2.36. The molecule has 0 bridgehead atoms. The van der Waals surface area contributed by atoms with E-state index < -0.39 is 0 Å². The molecule has 1 atom stereocenters. The average Bonchev–Trinajstić information content (AvgIpc) is 2.98. The van der Waals surface area contributed by atoms with Gasteiger partial charge in [-0.2, -0.15) is 0 Å². The Kier molecular flexibility index (Phi) is 3.16. The second-order valence-electron chi connectivity index (χ2n) is 5.84. The van der Waals surface area contributed by atoms with Crippen LogP contribution < -0.4 is 0 Å². The zero-order chi connectivity index (χ0) is 12.6. The highest BCUT2D eigenvalue weighted by molar-refractivity contribution is 7.17. The average molecular weight is 260 g/mol. The molecule has 1 aliphatic rings. The summed E-state index contributed by atoms with van der Waals surface area (Å²) in [5.74, 6) is 0. The number of aliphatic hydroxyl groups excluding tert-OH is 1. The zero-order valence-electron chi connectivity index (χ0n) is 10.9. The van der Waals surface area contributed by atoms with Crippen LogP contribution in [0.1, 0.15) is 38.2 Å². The van der Waals surface area contributed by atoms with E-state index >= 15 is 0 Å². The fourth-order valence-electron chi connectivity index (χ4n) is 3.16. The van der Waals surface area contributed by atoms with Crippen LogP contribution in [0.3, 0.4) is 0 Å². The smallest absolute Gasteiger partial charge is 0.0634 e. The third-order valence-corrected chi connectivity index (χ3v) is 5.54. The standard InChI is InChI=1S/C16H20OS/c1-16(8-4-5-9-16)15(17)10-12-11-18-14-7-3-2-6-13(12)14/h2-3,6-7,11,15,17H,4-5,8-10H2,1H3. The summed E-state index contributed by atoms with van der Waals surface area (Å²) in [6, 6.07) is 8.50. The second-order valence-corrected chi connectivity index (χ2v) is 6.75. The molecule has 0 aliphatic heterocycles. The molecule has 2 heteroatoms. The van der Waals surface area contributed by atoms with E-state index in [1.807, 2.05) is 0 Å². The number of aliphatic hydroxyl groups is 1. The van der Waals surface area contributed by atoms with Crippen LogP contribution in [0.2, 0.25) is 0 Å². The normalized spacial score (nSPS) is 20.3. The summed E-state index contributed by atoms with van der Waals surface area (Å²) >= 11 is 1.79. The lowest BCUT2D eigenvalue weighted by Crippen LogP contribution is -2.31. The Labute approximate surface area is 112 Å². The van der Waals surface area contributed by atoms with Gasteiger partial charge in [0.05, 0.1) is 6.10 Å². The number of hydrogen-bond acceptors (Lipinski definition) is 2. The lowest BCUT2D eigenvalue weighted by Gasteiger charge is -2.29. The van der Waals surface area contributed by atoms with Crippen molar-refractivity contribution in [1.29, 1.82) is 0 Å². The molecule has 0 saturated heterocycles. The molecule has 1 nitrogen and oxygen atoms in total. The van der Waals surface area contributed by atoms with Gasteiger partial charge in [0.2, 0.25) is 0 Å². The van der Waals surface area contributed by atoms with E-state index in [-0.39, 0.29) is 11.5 Å². The van der Waals surface area contributed by atoms with E-state index in [0.29, 0.717) is 0 Å². The van der Waals surface area contributed by atoms with Gasteiger partial charge in [-0.1, -0.05) is 38.0 Å². The highest BCUT2D eigenvalue weighted by Crippen LogP contribution is 2.42. The molecule has 18 heavy (non-hydrogen) atoms. The Balaban J connectivity index is 1.84. The summed E-state index contributed by atoms with van der Waals surface area (Å²) in [5, 5.41) is 14.1. The maximum atomic E-state index is 10.5. The highest BCUT2D eigenvalue weighted by atomic mass is 32.1. The largest absolute Gasteiger partial charge is 0.392 e. The molecule has 0 amide bonds. The first kappa shape index (κ1) is 12.2. The van der Waals surface area contributed by atoms with Crippen LogP contribution in [0, 0.1) is 5.41 Å². The van der Waals surface area contributed by atoms with Crippen LogP contribution in [0.15, 0.2) is 29.6 Å². The minimum absolute atomic E-state index is 0.142. The molecule has 0 radical (unpaired) electrons. The van der Waals surface area contributed by atoms with Crippen molar-refractivity contribution < 1.29 is 5.11 Å². The summed E-state index contributed by atoms with van der Waals surface area (Å²) < 4.78 is 1.33. The fraction of sp³-hybridized carbons (Fsp3) is 0.500. The van der Waals surface area contributed by atoms with E-state index in [4.69, 9.17) is 0 Å². The van der Waals surface area contributed by atoms with Gasteiger partial charge in [-0.15, -0.1) is 11.3 Å². The van der Waals surface area contributed by atoms with E-state index in [1.165, 1.54) is 41.3 Å². The molecule has 96 valence electrons. The Morgan fingerprint density at radius 1 is 1.28 bits per heavy atom. The second kappa shape index (κ2) is 4.67. The maximum absolute atomic E-state index is 10.5. The van der Waals surface area contributed by atoms with E-state index in [2.05, 4.69) is 36.6 Å². The molecule has 1 unspecified atom stereocenters. The summed E-state index contributed by atoms with van der Waals surface area (Å²) in [4.78, 5) is 0. The van der Waals surface area contributed by atoms with Crippen LogP contribution in [-0.4, -0.2) is 11.2 Å². The van der Waals surface area contributed by atoms with Crippen molar-refractivity contribution in [3.8, 4) is 0 Å². The third-order valence-electron chi connectivity index (χ3n) is 4.52. The van der Waals surface area contributed by atoms with Gasteiger partial charge >= 0.3 is 0 Å². The fourth-order valence-corrected chi connectivity index (χ4v) is 4.14. The van der Waals surface area contributed by atoms with E-state index in [0.717, 1.165) is 6.42 Å². The Morgan fingerprint density at radius 3 is 2.78 bits per heavy atom. The predicted octanol–water partition coefficient (Wildman–Crippen LogP) is 4.39. The molecule has 1 aliphatic carbocycles.